The highest BCUT2D eigenvalue weighted by molar-refractivity contribution is 8.00. The zero-order valence-electron chi connectivity index (χ0n) is 10.7. The Kier molecular flexibility index (Phi) is 3.96. The molecule has 1 aromatic heterocycles. The van der Waals surface area contributed by atoms with Crippen molar-refractivity contribution in [2.45, 2.75) is 41.9 Å². The molecule has 3 rings (SSSR count). The van der Waals surface area contributed by atoms with Crippen molar-refractivity contribution in [1.29, 1.82) is 0 Å². The first-order chi connectivity index (χ1) is 9.22. The van der Waals surface area contributed by atoms with Gasteiger partial charge >= 0.3 is 0 Å². The highest BCUT2D eigenvalue weighted by Crippen LogP contribution is 2.38. The van der Waals surface area contributed by atoms with E-state index in [2.05, 4.69) is 11.1 Å². The van der Waals surface area contributed by atoms with E-state index in [0.29, 0.717) is 11.3 Å². The molecule has 1 saturated carbocycles. The SMILES string of the molecule is NC1CCC(Sc2cc3ccncc3cc2Cl)CC1. The van der Waals surface area contributed by atoms with Gasteiger partial charge in [-0.15, -0.1) is 11.8 Å². The lowest BCUT2D eigenvalue weighted by molar-refractivity contribution is 0.451. The van der Waals surface area contributed by atoms with Gasteiger partial charge in [0, 0.05) is 34.0 Å². The maximum atomic E-state index is 6.38. The quantitative estimate of drug-likeness (QED) is 0.899. The van der Waals surface area contributed by atoms with Crippen LogP contribution in [-0.4, -0.2) is 16.3 Å². The molecule has 1 aliphatic rings. The van der Waals surface area contributed by atoms with E-state index in [1.807, 2.05) is 36.3 Å². The van der Waals surface area contributed by atoms with Crippen LogP contribution in [0.2, 0.25) is 5.02 Å². The maximum Gasteiger partial charge on any atom is 0.0548 e. The van der Waals surface area contributed by atoms with Crippen LogP contribution >= 0.6 is 23.4 Å². The predicted molar refractivity (Wildman–Crippen MR) is 82.8 cm³/mol. The summed E-state index contributed by atoms with van der Waals surface area (Å²) < 4.78 is 0. The summed E-state index contributed by atoms with van der Waals surface area (Å²) in [6.07, 6.45) is 8.33. The van der Waals surface area contributed by atoms with Crippen LogP contribution in [0.25, 0.3) is 10.8 Å². The number of halogens is 1. The van der Waals surface area contributed by atoms with E-state index in [9.17, 15) is 0 Å². The summed E-state index contributed by atoms with van der Waals surface area (Å²) in [5.74, 6) is 0. The monoisotopic (exact) mass is 292 g/mol. The molecule has 1 heterocycles. The largest absolute Gasteiger partial charge is 0.328 e. The molecular formula is C15H17ClN2S. The number of nitrogens with two attached hydrogens (primary N) is 1. The topological polar surface area (TPSA) is 38.9 Å². The van der Waals surface area contributed by atoms with Gasteiger partial charge in [0.2, 0.25) is 0 Å². The molecule has 4 heteroatoms. The van der Waals surface area contributed by atoms with Crippen LogP contribution in [-0.2, 0) is 0 Å². The number of aromatic nitrogens is 1. The van der Waals surface area contributed by atoms with Crippen molar-refractivity contribution < 1.29 is 0 Å². The van der Waals surface area contributed by atoms with Crippen molar-refractivity contribution in [1.82, 2.24) is 4.98 Å². The van der Waals surface area contributed by atoms with E-state index in [-0.39, 0.29) is 0 Å². The average Bonchev–Trinajstić information content (AvgIpc) is 2.42. The number of benzene rings is 1. The Morgan fingerprint density at radius 1 is 1.16 bits per heavy atom. The van der Waals surface area contributed by atoms with Gasteiger partial charge in [-0.2, -0.15) is 0 Å². The molecule has 1 aromatic carbocycles. The van der Waals surface area contributed by atoms with Crippen molar-refractivity contribution in [3.05, 3.63) is 35.6 Å². The Labute approximate surface area is 122 Å². The number of thioether (sulfide) groups is 1. The minimum absolute atomic E-state index is 0.398. The predicted octanol–water partition coefficient (Wildman–Crippen LogP) is 4.25. The Morgan fingerprint density at radius 3 is 2.74 bits per heavy atom. The van der Waals surface area contributed by atoms with Gasteiger partial charge in [-0.25, -0.2) is 0 Å². The van der Waals surface area contributed by atoms with Crippen molar-refractivity contribution >= 4 is 34.1 Å². The van der Waals surface area contributed by atoms with Crippen LogP contribution in [0.15, 0.2) is 35.5 Å². The summed E-state index contributed by atoms with van der Waals surface area (Å²) in [7, 11) is 0. The van der Waals surface area contributed by atoms with Crippen LogP contribution in [0.1, 0.15) is 25.7 Å². The molecule has 0 aliphatic heterocycles. The Morgan fingerprint density at radius 2 is 1.95 bits per heavy atom. The molecule has 100 valence electrons. The molecule has 0 radical (unpaired) electrons. The van der Waals surface area contributed by atoms with Gasteiger partial charge in [-0.1, -0.05) is 11.6 Å². The highest BCUT2D eigenvalue weighted by Gasteiger charge is 2.20. The first kappa shape index (κ1) is 13.2. The second-order valence-electron chi connectivity index (χ2n) is 5.16. The summed E-state index contributed by atoms with van der Waals surface area (Å²) in [6, 6.07) is 6.63. The summed E-state index contributed by atoms with van der Waals surface area (Å²) in [6.45, 7) is 0. The van der Waals surface area contributed by atoms with E-state index in [1.165, 1.54) is 23.1 Å². The Bertz CT molecular complexity index is 579. The van der Waals surface area contributed by atoms with Gasteiger partial charge < -0.3 is 5.73 Å². The van der Waals surface area contributed by atoms with Crippen molar-refractivity contribution in [3.63, 3.8) is 0 Å². The zero-order valence-corrected chi connectivity index (χ0v) is 12.3. The molecule has 0 unspecified atom stereocenters. The molecule has 2 N–H and O–H groups in total. The zero-order chi connectivity index (χ0) is 13.2. The summed E-state index contributed by atoms with van der Waals surface area (Å²) in [5, 5.41) is 3.79. The molecule has 0 bridgehead atoms. The van der Waals surface area contributed by atoms with Gasteiger partial charge in [0.05, 0.1) is 5.02 Å². The molecular weight excluding hydrogens is 276 g/mol. The standard InChI is InChI=1S/C15H17ClN2S/c16-14-7-11-9-18-6-5-10(11)8-15(14)19-13-3-1-12(17)2-4-13/h5-9,12-13H,1-4,17H2. The van der Waals surface area contributed by atoms with Crippen LogP contribution in [0.5, 0.6) is 0 Å². The van der Waals surface area contributed by atoms with Gasteiger partial charge in [0.15, 0.2) is 0 Å². The third-order valence-corrected chi connectivity index (χ3v) is 5.53. The van der Waals surface area contributed by atoms with E-state index in [4.69, 9.17) is 17.3 Å². The number of fused-ring (bicyclic) bond motifs is 1. The number of nitrogens with zero attached hydrogens (tertiary/aromatic N) is 1. The molecule has 19 heavy (non-hydrogen) atoms. The average molecular weight is 293 g/mol. The van der Waals surface area contributed by atoms with Crippen molar-refractivity contribution in [2.24, 2.45) is 5.73 Å². The molecule has 0 amide bonds. The third-order valence-electron chi connectivity index (χ3n) is 3.70. The fourth-order valence-electron chi connectivity index (χ4n) is 2.56. The van der Waals surface area contributed by atoms with Crippen molar-refractivity contribution in [3.8, 4) is 0 Å². The fraction of sp³-hybridized carbons (Fsp3) is 0.400. The van der Waals surface area contributed by atoms with Gasteiger partial charge in [-0.05, 0) is 49.3 Å². The van der Waals surface area contributed by atoms with E-state index < -0.39 is 0 Å². The summed E-state index contributed by atoms with van der Waals surface area (Å²) in [4.78, 5) is 5.31. The summed E-state index contributed by atoms with van der Waals surface area (Å²) in [5.41, 5.74) is 5.95. The van der Waals surface area contributed by atoms with E-state index >= 15 is 0 Å². The Balaban J connectivity index is 1.82. The molecule has 0 atom stereocenters. The third kappa shape index (κ3) is 3.04. The Hall–Kier alpha value is -0.770. The molecule has 0 spiro atoms. The highest BCUT2D eigenvalue weighted by atomic mass is 35.5. The maximum absolute atomic E-state index is 6.38. The molecule has 1 fully saturated rings. The van der Waals surface area contributed by atoms with Gasteiger partial charge in [-0.3, -0.25) is 4.98 Å². The lowest BCUT2D eigenvalue weighted by atomic mass is 9.96. The number of hydrogen-bond acceptors (Lipinski definition) is 3. The number of rotatable bonds is 2. The van der Waals surface area contributed by atoms with Gasteiger partial charge in [0.25, 0.3) is 0 Å². The minimum Gasteiger partial charge on any atom is -0.328 e. The fourth-order valence-corrected chi connectivity index (χ4v) is 4.10. The second kappa shape index (κ2) is 5.70. The van der Waals surface area contributed by atoms with Crippen LogP contribution < -0.4 is 5.73 Å². The lowest BCUT2D eigenvalue weighted by Crippen LogP contribution is -2.27. The van der Waals surface area contributed by atoms with Crippen LogP contribution in [0, 0.1) is 0 Å². The molecule has 1 aliphatic carbocycles. The van der Waals surface area contributed by atoms with Gasteiger partial charge in [0.1, 0.15) is 0 Å². The van der Waals surface area contributed by atoms with Crippen LogP contribution in [0.4, 0.5) is 0 Å². The van der Waals surface area contributed by atoms with Crippen LogP contribution in [0.3, 0.4) is 0 Å². The number of hydrogen-bond donors (Lipinski definition) is 1. The molecule has 2 aromatic rings. The molecule has 0 saturated heterocycles. The summed E-state index contributed by atoms with van der Waals surface area (Å²) >= 11 is 8.28. The number of pyridine rings is 1. The molecule has 2 nitrogen and oxygen atoms in total. The first-order valence-corrected chi connectivity index (χ1v) is 7.93. The second-order valence-corrected chi connectivity index (χ2v) is 6.91. The van der Waals surface area contributed by atoms with Crippen molar-refractivity contribution in [2.75, 3.05) is 0 Å². The smallest absolute Gasteiger partial charge is 0.0548 e. The normalized spacial score (nSPS) is 23.7. The van der Waals surface area contributed by atoms with E-state index in [0.717, 1.165) is 23.3 Å². The van der Waals surface area contributed by atoms with E-state index in [1.54, 1.807) is 0 Å². The lowest BCUT2D eigenvalue weighted by Gasteiger charge is -2.25. The minimum atomic E-state index is 0.398. The first-order valence-electron chi connectivity index (χ1n) is 6.68.